The molecule has 0 aliphatic carbocycles. The zero-order valence-corrected chi connectivity index (χ0v) is 18.3. The van der Waals surface area contributed by atoms with Crippen LogP contribution in [0, 0.1) is 0 Å². The first-order valence-corrected chi connectivity index (χ1v) is 11.0. The van der Waals surface area contributed by atoms with E-state index >= 15 is 0 Å². The number of aliphatic hydroxyl groups excluding tert-OH is 1. The summed E-state index contributed by atoms with van der Waals surface area (Å²) in [6.07, 6.45) is 2.34. The van der Waals surface area contributed by atoms with Crippen LogP contribution in [-0.2, 0) is 16.0 Å². The number of carbonyl (C=O) groups is 2. The van der Waals surface area contributed by atoms with Crippen molar-refractivity contribution in [3.8, 4) is 11.5 Å². The number of nitrogens with zero attached hydrogens (tertiary/aromatic N) is 2. The van der Waals surface area contributed by atoms with Gasteiger partial charge in [-0.25, -0.2) is 4.98 Å². The summed E-state index contributed by atoms with van der Waals surface area (Å²) >= 11 is 1.25. The number of carbonyl (C=O) groups excluding carboxylic acids is 2. The van der Waals surface area contributed by atoms with Gasteiger partial charge in [0, 0.05) is 23.6 Å². The van der Waals surface area contributed by atoms with Crippen LogP contribution < -0.4 is 14.4 Å². The van der Waals surface area contributed by atoms with Crippen molar-refractivity contribution in [3.63, 3.8) is 0 Å². The summed E-state index contributed by atoms with van der Waals surface area (Å²) in [5.74, 6) is -0.363. The molecular formula is C24H20N2O5S. The molecule has 32 heavy (non-hydrogen) atoms. The summed E-state index contributed by atoms with van der Waals surface area (Å²) < 4.78 is 11.1. The number of fused-ring (bicyclic) bond motifs is 1. The van der Waals surface area contributed by atoms with E-state index in [0.29, 0.717) is 28.4 Å². The molecule has 2 aliphatic rings. The highest BCUT2D eigenvalue weighted by atomic mass is 32.1. The maximum absolute atomic E-state index is 13.2. The Morgan fingerprint density at radius 3 is 2.84 bits per heavy atom. The fraction of sp³-hybridized carbons (Fsp3) is 0.208. The van der Waals surface area contributed by atoms with Gasteiger partial charge in [0.25, 0.3) is 5.78 Å². The van der Waals surface area contributed by atoms with E-state index in [1.54, 1.807) is 55.1 Å². The highest BCUT2D eigenvalue weighted by Gasteiger charge is 2.48. The second kappa shape index (κ2) is 7.80. The van der Waals surface area contributed by atoms with E-state index in [0.717, 1.165) is 11.3 Å². The summed E-state index contributed by atoms with van der Waals surface area (Å²) in [5, 5.41) is 13.4. The van der Waals surface area contributed by atoms with Gasteiger partial charge in [-0.15, -0.1) is 11.3 Å². The third-order valence-electron chi connectivity index (χ3n) is 5.65. The topological polar surface area (TPSA) is 89.0 Å². The number of hydrogen-bond acceptors (Lipinski definition) is 7. The predicted molar refractivity (Wildman–Crippen MR) is 120 cm³/mol. The minimum absolute atomic E-state index is 0.0189. The number of amides is 1. The summed E-state index contributed by atoms with van der Waals surface area (Å²) in [5.41, 5.74) is 2.07. The van der Waals surface area contributed by atoms with Crippen LogP contribution in [0.2, 0.25) is 0 Å². The van der Waals surface area contributed by atoms with E-state index < -0.39 is 17.7 Å². The van der Waals surface area contributed by atoms with Gasteiger partial charge in [-0.3, -0.25) is 14.5 Å². The molecule has 5 rings (SSSR count). The molecule has 0 saturated carbocycles. The highest BCUT2D eigenvalue weighted by Crippen LogP contribution is 2.43. The number of thiazole rings is 1. The van der Waals surface area contributed by atoms with Crippen LogP contribution in [-0.4, -0.2) is 35.0 Å². The Morgan fingerprint density at radius 2 is 2.09 bits per heavy atom. The van der Waals surface area contributed by atoms with Gasteiger partial charge >= 0.3 is 5.91 Å². The SMILES string of the molecule is COc1cccc(C2C(=C(O)c3ccc4c(c3)CC(C)O4)C(=O)C(=O)N2c2nccs2)c1. The maximum Gasteiger partial charge on any atom is 0.301 e. The molecule has 2 aliphatic heterocycles. The first-order valence-electron chi connectivity index (χ1n) is 10.1. The highest BCUT2D eigenvalue weighted by molar-refractivity contribution is 7.14. The third-order valence-corrected chi connectivity index (χ3v) is 6.42. The lowest BCUT2D eigenvalue weighted by molar-refractivity contribution is -0.132. The molecule has 2 atom stereocenters. The van der Waals surface area contributed by atoms with Crippen molar-refractivity contribution in [1.29, 1.82) is 0 Å². The monoisotopic (exact) mass is 448 g/mol. The molecule has 8 heteroatoms. The number of rotatable bonds is 4. The normalized spacial score (nSPS) is 21.5. The molecule has 2 unspecified atom stereocenters. The molecule has 1 saturated heterocycles. The molecule has 0 radical (unpaired) electrons. The van der Waals surface area contributed by atoms with E-state index in [9.17, 15) is 14.7 Å². The van der Waals surface area contributed by atoms with E-state index in [-0.39, 0.29) is 17.4 Å². The van der Waals surface area contributed by atoms with E-state index in [4.69, 9.17) is 9.47 Å². The van der Waals surface area contributed by atoms with Crippen molar-refractivity contribution in [1.82, 2.24) is 4.98 Å². The fourth-order valence-corrected chi connectivity index (χ4v) is 4.88. The standard InChI is InChI=1S/C24H20N2O5S/c1-13-10-16-11-15(6-7-18(16)31-13)21(27)19-20(14-4-3-5-17(12-14)30-2)26(23(29)22(19)28)24-25-8-9-32-24/h3-9,11-13,20,27H,10H2,1-2H3. The minimum atomic E-state index is -0.834. The first-order chi connectivity index (χ1) is 15.5. The molecule has 3 aromatic rings. The van der Waals surface area contributed by atoms with Crippen LogP contribution in [0.5, 0.6) is 11.5 Å². The minimum Gasteiger partial charge on any atom is -0.507 e. The Labute approximate surface area is 188 Å². The molecule has 1 fully saturated rings. The van der Waals surface area contributed by atoms with Crippen LogP contribution >= 0.6 is 11.3 Å². The lowest BCUT2D eigenvalue weighted by Gasteiger charge is -2.23. The first kappa shape index (κ1) is 20.3. The van der Waals surface area contributed by atoms with Gasteiger partial charge < -0.3 is 14.6 Å². The number of hydrogen-bond donors (Lipinski definition) is 1. The molecule has 0 spiro atoms. The molecule has 162 valence electrons. The number of anilines is 1. The van der Waals surface area contributed by atoms with Crippen molar-refractivity contribution in [3.05, 3.63) is 76.3 Å². The van der Waals surface area contributed by atoms with E-state index in [1.807, 2.05) is 13.0 Å². The van der Waals surface area contributed by atoms with Crippen molar-refractivity contribution in [2.45, 2.75) is 25.5 Å². The van der Waals surface area contributed by atoms with Crippen LogP contribution in [0.4, 0.5) is 5.13 Å². The number of aliphatic hydroxyl groups is 1. The van der Waals surface area contributed by atoms with Gasteiger partial charge in [0.1, 0.15) is 23.4 Å². The van der Waals surface area contributed by atoms with Crippen LogP contribution in [0.3, 0.4) is 0 Å². The second-order valence-electron chi connectivity index (χ2n) is 7.72. The largest absolute Gasteiger partial charge is 0.507 e. The lowest BCUT2D eigenvalue weighted by atomic mass is 9.94. The van der Waals surface area contributed by atoms with Crippen molar-refractivity contribution < 1.29 is 24.2 Å². The predicted octanol–water partition coefficient (Wildman–Crippen LogP) is 4.10. The van der Waals surface area contributed by atoms with Crippen LogP contribution in [0.15, 0.2) is 59.6 Å². The Bertz CT molecular complexity index is 1250. The summed E-state index contributed by atoms with van der Waals surface area (Å²) in [6.45, 7) is 1.97. The van der Waals surface area contributed by atoms with Gasteiger partial charge in [0.15, 0.2) is 5.13 Å². The maximum atomic E-state index is 13.2. The van der Waals surface area contributed by atoms with Crippen LogP contribution in [0.25, 0.3) is 5.76 Å². The Kier molecular flexibility index (Phi) is 4.94. The Balaban J connectivity index is 1.69. The van der Waals surface area contributed by atoms with Gasteiger partial charge in [0.2, 0.25) is 0 Å². The number of methoxy groups -OCH3 is 1. The van der Waals surface area contributed by atoms with Crippen molar-refractivity contribution in [2.75, 3.05) is 12.0 Å². The smallest absolute Gasteiger partial charge is 0.301 e. The Hall–Kier alpha value is -3.65. The van der Waals surface area contributed by atoms with Gasteiger partial charge in [0.05, 0.1) is 18.7 Å². The molecule has 2 aromatic carbocycles. The number of aromatic nitrogens is 1. The van der Waals surface area contributed by atoms with Crippen LogP contribution in [0.1, 0.15) is 29.7 Å². The average Bonchev–Trinajstić information content (AvgIpc) is 3.51. The molecular weight excluding hydrogens is 428 g/mol. The third kappa shape index (κ3) is 3.23. The summed E-state index contributed by atoms with van der Waals surface area (Å²) in [4.78, 5) is 31.8. The Morgan fingerprint density at radius 1 is 1.25 bits per heavy atom. The van der Waals surface area contributed by atoms with Crippen molar-refractivity contribution in [2.24, 2.45) is 0 Å². The number of ether oxygens (including phenoxy) is 2. The zero-order valence-electron chi connectivity index (χ0n) is 17.4. The van der Waals surface area contributed by atoms with Crippen molar-refractivity contribution >= 4 is 33.9 Å². The molecule has 7 nitrogen and oxygen atoms in total. The zero-order chi connectivity index (χ0) is 22.4. The van der Waals surface area contributed by atoms with Gasteiger partial charge in [-0.1, -0.05) is 12.1 Å². The quantitative estimate of drug-likeness (QED) is 0.367. The van der Waals surface area contributed by atoms with E-state index in [2.05, 4.69) is 4.98 Å². The fourth-order valence-electron chi connectivity index (χ4n) is 4.22. The molecule has 1 amide bonds. The molecule has 1 aromatic heterocycles. The molecule has 3 heterocycles. The average molecular weight is 449 g/mol. The van der Waals surface area contributed by atoms with E-state index in [1.165, 1.54) is 16.2 Å². The van der Waals surface area contributed by atoms with Gasteiger partial charge in [-0.05, 0) is 48.4 Å². The number of Topliss-reactive ketones (excluding diaryl/α,β-unsaturated/α-hetero) is 1. The number of ketones is 1. The summed E-state index contributed by atoms with van der Waals surface area (Å²) in [6, 6.07) is 11.6. The van der Waals surface area contributed by atoms with Gasteiger partial charge in [-0.2, -0.15) is 0 Å². The molecule has 0 bridgehead atoms. The number of benzene rings is 2. The summed E-state index contributed by atoms with van der Waals surface area (Å²) in [7, 11) is 1.55. The molecule has 1 N–H and O–H groups in total. The lowest BCUT2D eigenvalue weighted by Crippen LogP contribution is -2.29. The second-order valence-corrected chi connectivity index (χ2v) is 8.59.